The third-order valence-corrected chi connectivity index (χ3v) is 4.08. The van der Waals surface area contributed by atoms with Crippen LogP contribution in [-0.2, 0) is 14.3 Å². The van der Waals surface area contributed by atoms with Gasteiger partial charge in [-0.05, 0) is 49.5 Å². The van der Waals surface area contributed by atoms with Crippen molar-refractivity contribution in [2.45, 2.75) is 45.4 Å². The zero-order valence-corrected chi connectivity index (χ0v) is 17.2. The van der Waals surface area contributed by atoms with Gasteiger partial charge < -0.3 is 20.1 Å². The van der Waals surface area contributed by atoms with Crippen LogP contribution in [0.25, 0.3) is 6.08 Å². The van der Waals surface area contributed by atoms with E-state index in [1.165, 1.54) is 6.08 Å². The molecule has 2 amide bonds. The topological polar surface area (TPSA) is 76.7 Å². The van der Waals surface area contributed by atoms with Crippen molar-refractivity contribution in [1.29, 1.82) is 0 Å². The lowest BCUT2D eigenvalue weighted by atomic mass is 10.2. The molecule has 0 heterocycles. The second kappa shape index (κ2) is 15.7. The van der Waals surface area contributed by atoms with Gasteiger partial charge >= 0.3 is 0 Å². The van der Waals surface area contributed by atoms with Gasteiger partial charge in [0.05, 0.1) is 13.2 Å². The van der Waals surface area contributed by atoms with Crippen molar-refractivity contribution in [2.75, 3.05) is 33.4 Å². The summed E-state index contributed by atoms with van der Waals surface area (Å²) in [6.07, 6.45) is 8.77. The van der Waals surface area contributed by atoms with Crippen LogP contribution in [0.5, 0.6) is 5.75 Å². The Morgan fingerprint density at radius 3 is 2.46 bits per heavy atom. The van der Waals surface area contributed by atoms with Gasteiger partial charge in [-0.3, -0.25) is 9.59 Å². The number of hydrogen-bond donors (Lipinski definition) is 2. The van der Waals surface area contributed by atoms with Crippen LogP contribution in [0.3, 0.4) is 0 Å². The molecule has 0 saturated carbocycles. The lowest BCUT2D eigenvalue weighted by Gasteiger charge is -2.07. The van der Waals surface area contributed by atoms with Crippen molar-refractivity contribution < 1.29 is 19.1 Å². The van der Waals surface area contributed by atoms with Crippen molar-refractivity contribution in [3.8, 4) is 5.75 Å². The van der Waals surface area contributed by atoms with Gasteiger partial charge in [0.25, 0.3) is 0 Å². The molecule has 6 heteroatoms. The molecule has 28 heavy (non-hydrogen) atoms. The van der Waals surface area contributed by atoms with E-state index in [0.29, 0.717) is 26.2 Å². The minimum atomic E-state index is -0.142. The second-order valence-corrected chi connectivity index (χ2v) is 6.55. The summed E-state index contributed by atoms with van der Waals surface area (Å²) < 4.78 is 10.6. The molecule has 6 nitrogen and oxygen atoms in total. The summed E-state index contributed by atoms with van der Waals surface area (Å²) >= 11 is 0. The maximum Gasteiger partial charge on any atom is 0.244 e. The molecule has 0 atom stereocenters. The average molecular weight is 391 g/mol. The van der Waals surface area contributed by atoms with Crippen molar-refractivity contribution in [3.63, 3.8) is 0 Å². The van der Waals surface area contributed by atoms with Gasteiger partial charge in [-0.1, -0.05) is 25.5 Å². The number of unbranched alkanes of at least 4 members (excludes halogenated alkanes) is 3. The van der Waals surface area contributed by atoms with E-state index in [1.54, 1.807) is 13.2 Å². The summed E-state index contributed by atoms with van der Waals surface area (Å²) in [6, 6.07) is 7.61. The smallest absolute Gasteiger partial charge is 0.244 e. The predicted octanol–water partition coefficient (Wildman–Crippen LogP) is 3.32. The van der Waals surface area contributed by atoms with E-state index in [-0.39, 0.29) is 11.8 Å². The van der Waals surface area contributed by atoms with Crippen molar-refractivity contribution >= 4 is 17.9 Å². The van der Waals surface area contributed by atoms with Crippen LogP contribution in [0.4, 0.5) is 0 Å². The lowest BCUT2D eigenvalue weighted by molar-refractivity contribution is -0.121. The van der Waals surface area contributed by atoms with Crippen LogP contribution in [0, 0.1) is 0 Å². The Hall–Kier alpha value is -2.34. The number of benzene rings is 1. The van der Waals surface area contributed by atoms with E-state index in [4.69, 9.17) is 9.47 Å². The molecule has 0 aliphatic rings. The lowest BCUT2D eigenvalue weighted by Crippen LogP contribution is -2.24. The van der Waals surface area contributed by atoms with E-state index in [9.17, 15) is 9.59 Å². The molecular weight excluding hydrogens is 356 g/mol. The normalized spacial score (nSPS) is 10.8. The molecule has 1 aromatic carbocycles. The molecule has 0 unspecified atom stereocenters. The minimum absolute atomic E-state index is 0.142. The molecule has 0 aliphatic heterocycles. The highest BCUT2D eigenvalue weighted by atomic mass is 16.5. The quantitative estimate of drug-likeness (QED) is 0.356. The van der Waals surface area contributed by atoms with Crippen molar-refractivity contribution in [3.05, 3.63) is 35.9 Å². The third-order valence-electron chi connectivity index (χ3n) is 4.08. The molecule has 0 saturated heterocycles. The molecule has 0 radical (unpaired) electrons. The number of nitrogens with one attached hydrogen (secondary N) is 2. The number of rotatable bonds is 15. The number of methoxy groups -OCH3 is 1. The van der Waals surface area contributed by atoms with Gasteiger partial charge in [-0.25, -0.2) is 0 Å². The van der Waals surface area contributed by atoms with Crippen LogP contribution < -0.4 is 15.4 Å². The highest BCUT2D eigenvalue weighted by Crippen LogP contribution is 2.14. The van der Waals surface area contributed by atoms with Gasteiger partial charge in [0, 0.05) is 32.7 Å². The number of ether oxygens (including phenoxy) is 2. The Kier molecular flexibility index (Phi) is 13.3. The summed E-state index contributed by atoms with van der Waals surface area (Å²) in [5.41, 5.74) is 0.934. The molecule has 1 rings (SSSR count). The molecule has 0 aromatic heterocycles. The summed E-state index contributed by atoms with van der Waals surface area (Å²) in [5.74, 6) is 0.806. The highest BCUT2D eigenvalue weighted by molar-refractivity contribution is 5.91. The van der Waals surface area contributed by atoms with Gasteiger partial charge in [-0.15, -0.1) is 0 Å². The first-order valence-electron chi connectivity index (χ1n) is 10.1. The van der Waals surface area contributed by atoms with Gasteiger partial charge in [-0.2, -0.15) is 0 Å². The zero-order chi connectivity index (χ0) is 20.5. The summed E-state index contributed by atoms with van der Waals surface area (Å²) in [6.45, 7) is 4.52. The van der Waals surface area contributed by atoms with E-state index in [1.807, 2.05) is 24.3 Å². The SMILES string of the molecule is CCCCNC(=O)CCCCCOc1ccc(/C=C/C(=O)NCCOC)cc1. The molecular formula is C22H34N2O4. The summed E-state index contributed by atoms with van der Waals surface area (Å²) in [5, 5.41) is 5.66. The van der Waals surface area contributed by atoms with E-state index < -0.39 is 0 Å². The number of carbonyl (C=O) groups is 2. The molecule has 0 bridgehead atoms. The second-order valence-electron chi connectivity index (χ2n) is 6.55. The minimum Gasteiger partial charge on any atom is -0.494 e. The van der Waals surface area contributed by atoms with Crippen molar-refractivity contribution in [2.24, 2.45) is 0 Å². The fourth-order valence-corrected chi connectivity index (χ4v) is 2.43. The van der Waals surface area contributed by atoms with Gasteiger partial charge in [0.15, 0.2) is 0 Å². The van der Waals surface area contributed by atoms with Gasteiger partial charge in [0.1, 0.15) is 5.75 Å². The standard InChI is InChI=1S/C22H34N2O4/c1-3-4-15-23-21(25)8-6-5-7-17-28-20-12-9-19(10-13-20)11-14-22(26)24-16-18-27-2/h9-14H,3-8,15-18H2,1-2H3,(H,23,25)(H,24,26)/b14-11+. The average Bonchev–Trinajstić information content (AvgIpc) is 2.70. The molecule has 156 valence electrons. The highest BCUT2D eigenvalue weighted by Gasteiger charge is 2.00. The Morgan fingerprint density at radius 2 is 1.75 bits per heavy atom. The van der Waals surface area contributed by atoms with Crippen LogP contribution in [0.1, 0.15) is 51.0 Å². The molecule has 0 spiro atoms. The maximum absolute atomic E-state index is 11.6. The van der Waals surface area contributed by atoms with Crippen LogP contribution in [0.15, 0.2) is 30.3 Å². The fraction of sp³-hybridized carbons (Fsp3) is 0.545. The van der Waals surface area contributed by atoms with Crippen LogP contribution >= 0.6 is 0 Å². The van der Waals surface area contributed by atoms with Gasteiger partial charge in [0.2, 0.25) is 11.8 Å². The first-order valence-corrected chi connectivity index (χ1v) is 10.1. The summed E-state index contributed by atoms with van der Waals surface area (Å²) in [4.78, 5) is 23.2. The number of hydrogen-bond acceptors (Lipinski definition) is 4. The number of amides is 2. The predicted molar refractivity (Wildman–Crippen MR) is 112 cm³/mol. The van der Waals surface area contributed by atoms with Crippen LogP contribution in [0.2, 0.25) is 0 Å². The first kappa shape index (κ1) is 23.7. The molecule has 0 aliphatic carbocycles. The molecule has 1 aromatic rings. The molecule has 0 fully saturated rings. The first-order chi connectivity index (χ1) is 13.7. The third kappa shape index (κ3) is 12.1. The monoisotopic (exact) mass is 390 g/mol. The molecule has 2 N–H and O–H groups in total. The maximum atomic E-state index is 11.6. The largest absolute Gasteiger partial charge is 0.494 e. The van der Waals surface area contributed by atoms with Crippen molar-refractivity contribution in [1.82, 2.24) is 10.6 Å². The summed E-state index contributed by atoms with van der Waals surface area (Å²) in [7, 11) is 1.60. The van der Waals surface area contributed by atoms with Crippen LogP contribution in [-0.4, -0.2) is 45.2 Å². The number of carbonyl (C=O) groups excluding carboxylic acids is 2. The zero-order valence-electron chi connectivity index (χ0n) is 17.2. The Bertz CT molecular complexity index is 585. The Labute approximate surface area is 168 Å². The van der Waals surface area contributed by atoms with E-state index in [0.717, 1.165) is 50.0 Å². The fourth-order valence-electron chi connectivity index (χ4n) is 2.43. The van der Waals surface area contributed by atoms with E-state index in [2.05, 4.69) is 17.6 Å². The Morgan fingerprint density at radius 1 is 0.964 bits per heavy atom. The van der Waals surface area contributed by atoms with E-state index >= 15 is 0 Å². The Balaban J connectivity index is 2.14.